The largest absolute Gasteiger partial charge is 0.303 e. The third-order valence-electron chi connectivity index (χ3n) is 7.30. The molecule has 0 aliphatic carbocycles. The molecule has 2 saturated heterocycles. The summed E-state index contributed by atoms with van der Waals surface area (Å²) in [7, 11) is 0. The van der Waals surface area contributed by atoms with Gasteiger partial charge in [-0.05, 0) is 95.5 Å². The monoisotopic (exact) mass is 502 g/mol. The van der Waals surface area contributed by atoms with Gasteiger partial charge < -0.3 is 4.90 Å². The quantitative estimate of drug-likeness (QED) is 0.349. The van der Waals surface area contributed by atoms with E-state index in [9.17, 15) is 4.39 Å². The van der Waals surface area contributed by atoms with Gasteiger partial charge in [-0.25, -0.2) is 4.39 Å². The van der Waals surface area contributed by atoms with E-state index >= 15 is 0 Å². The molecule has 0 unspecified atom stereocenters. The molecule has 1 aromatic heterocycles. The number of hydrogen-bond acceptors (Lipinski definition) is 3. The Bertz CT molecular complexity index is 1050. The van der Waals surface area contributed by atoms with Gasteiger partial charge in [0, 0.05) is 32.1 Å². The molecular weight excluding hydrogens is 474 g/mol. The number of piperidine rings is 1. The number of hydrogen-bond donors (Lipinski definition) is 0. The molecule has 33 heavy (non-hydrogen) atoms. The first kappa shape index (κ1) is 23.3. The molecular formula is C27H29Cl2FN2S. The smallest absolute Gasteiger partial charge is 0.123 e. The van der Waals surface area contributed by atoms with Crippen LogP contribution in [0.3, 0.4) is 0 Å². The summed E-state index contributed by atoms with van der Waals surface area (Å²) in [6.07, 6.45) is 2.29. The zero-order valence-electron chi connectivity index (χ0n) is 18.6. The minimum atomic E-state index is -0.151. The molecule has 3 aromatic rings. The Morgan fingerprint density at radius 1 is 0.879 bits per heavy atom. The van der Waals surface area contributed by atoms with Crippen molar-refractivity contribution in [3.05, 3.63) is 91.8 Å². The molecule has 0 amide bonds. The van der Waals surface area contributed by atoms with E-state index in [1.54, 1.807) is 23.5 Å². The summed E-state index contributed by atoms with van der Waals surface area (Å²) in [6.45, 7) is 6.44. The van der Waals surface area contributed by atoms with Gasteiger partial charge in [-0.3, -0.25) is 4.90 Å². The highest BCUT2D eigenvalue weighted by Crippen LogP contribution is 2.37. The Balaban J connectivity index is 1.22. The van der Waals surface area contributed by atoms with Gasteiger partial charge in [0.15, 0.2) is 0 Å². The van der Waals surface area contributed by atoms with E-state index in [0.29, 0.717) is 27.8 Å². The van der Waals surface area contributed by atoms with E-state index < -0.39 is 0 Å². The molecule has 174 valence electrons. The number of rotatable bonds is 6. The average Bonchev–Trinajstić information content (AvgIpc) is 3.48. The van der Waals surface area contributed by atoms with Crippen molar-refractivity contribution in [1.29, 1.82) is 0 Å². The first-order valence-corrected chi connectivity index (χ1v) is 13.4. The predicted octanol–water partition coefficient (Wildman–Crippen LogP) is 7.29. The standard InChI is InChI=1S/C27H29Cl2FN2S/c28-26-6-1-19(13-27(26)29)14-32-16-23(25(17-32)22-9-12-33-18-22)15-31-10-7-21(8-11-31)20-2-4-24(30)5-3-20/h1-6,9,12-13,18,21,23,25H,7-8,10-11,14-17H2/t23-,25+/m0/s1. The van der Waals surface area contributed by atoms with Gasteiger partial charge in [0.2, 0.25) is 0 Å². The predicted molar refractivity (Wildman–Crippen MR) is 137 cm³/mol. The van der Waals surface area contributed by atoms with Gasteiger partial charge in [-0.2, -0.15) is 11.3 Å². The maximum Gasteiger partial charge on any atom is 0.123 e. The summed E-state index contributed by atoms with van der Waals surface area (Å²) in [6, 6.07) is 15.4. The first-order valence-electron chi connectivity index (χ1n) is 11.7. The molecule has 2 aliphatic rings. The van der Waals surface area contributed by atoms with Gasteiger partial charge >= 0.3 is 0 Å². The molecule has 0 bridgehead atoms. The van der Waals surface area contributed by atoms with Crippen LogP contribution in [0.25, 0.3) is 0 Å². The number of benzene rings is 2. The van der Waals surface area contributed by atoms with Crippen molar-refractivity contribution >= 4 is 34.5 Å². The summed E-state index contributed by atoms with van der Waals surface area (Å²) in [4.78, 5) is 5.21. The van der Waals surface area contributed by atoms with Gasteiger partial charge in [-0.15, -0.1) is 0 Å². The molecule has 2 aliphatic heterocycles. The first-order chi connectivity index (χ1) is 16.0. The van der Waals surface area contributed by atoms with Crippen LogP contribution in [-0.4, -0.2) is 42.5 Å². The number of nitrogens with zero attached hydrogens (tertiary/aromatic N) is 2. The molecule has 3 heterocycles. The van der Waals surface area contributed by atoms with Crippen LogP contribution in [0.1, 0.15) is 41.4 Å². The average molecular weight is 504 g/mol. The lowest BCUT2D eigenvalue weighted by atomic mass is 9.87. The Morgan fingerprint density at radius 2 is 1.67 bits per heavy atom. The van der Waals surface area contributed by atoms with Crippen molar-refractivity contribution in [2.75, 3.05) is 32.7 Å². The van der Waals surface area contributed by atoms with Crippen molar-refractivity contribution in [2.45, 2.75) is 31.2 Å². The summed E-state index contributed by atoms with van der Waals surface area (Å²) in [5.41, 5.74) is 3.97. The number of thiophene rings is 1. The van der Waals surface area contributed by atoms with Crippen molar-refractivity contribution in [3.63, 3.8) is 0 Å². The molecule has 0 N–H and O–H groups in total. The Labute approximate surface area is 209 Å². The molecule has 2 nitrogen and oxygen atoms in total. The van der Waals surface area contributed by atoms with Crippen LogP contribution in [0, 0.1) is 11.7 Å². The molecule has 5 rings (SSSR count). The third kappa shape index (κ3) is 5.63. The van der Waals surface area contributed by atoms with Crippen LogP contribution >= 0.6 is 34.5 Å². The summed E-state index contributed by atoms with van der Waals surface area (Å²) >= 11 is 14.2. The SMILES string of the molecule is Fc1ccc(C2CCN(C[C@H]3CN(Cc4ccc(Cl)c(Cl)c4)C[C@@H]3c3ccsc3)CC2)cc1. The highest BCUT2D eigenvalue weighted by Gasteiger charge is 2.35. The normalized spacial score (nSPS) is 22.8. The van der Waals surface area contributed by atoms with Crippen LogP contribution in [0.2, 0.25) is 10.0 Å². The minimum absolute atomic E-state index is 0.151. The fourth-order valence-electron chi connectivity index (χ4n) is 5.55. The fourth-order valence-corrected chi connectivity index (χ4v) is 6.60. The van der Waals surface area contributed by atoms with E-state index in [0.717, 1.165) is 52.1 Å². The lowest BCUT2D eigenvalue weighted by Gasteiger charge is -2.34. The zero-order valence-corrected chi connectivity index (χ0v) is 20.9. The van der Waals surface area contributed by atoms with Crippen LogP contribution in [0.5, 0.6) is 0 Å². The Kier molecular flexibility index (Phi) is 7.39. The number of likely N-dealkylation sites (tertiary alicyclic amines) is 2. The second kappa shape index (κ2) is 10.5. The van der Waals surface area contributed by atoms with Crippen LogP contribution in [0.4, 0.5) is 4.39 Å². The third-order valence-corrected chi connectivity index (χ3v) is 8.74. The van der Waals surface area contributed by atoms with Crippen LogP contribution in [-0.2, 0) is 6.54 Å². The Morgan fingerprint density at radius 3 is 2.36 bits per heavy atom. The minimum Gasteiger partial charge on any atom is -0.303 e. The fraction of sp³-hybridized carbons (Fsp3) is 0.407. The molecule has 0 spiro atoms. The van der Waals surface area contributed by atoms with E-state index in [2.05, 4.69) is 32.7 Å². The van der Waals surface area contributed by atoms with E-state index in [-0.39, 0.29) is 5.82 Å². The highest BCUT2D eigenvalue weighted by molar-refractivity contribution is 7.08. The van der Waals surface area contributed by atoms with Crippen LogP contribution in [0.15, 0.2) is 59.3 Å². The molecule has 2 fully saturated rings. The zero-order chi connectivity index (χ0) is 22.8. The second-order valence-corrected chi connectivity index (χ2v) is 11.1. The van der Waals surface area contributed by atoms with Crippen LogP contribution < -0.4 is 0 Å². The van der Waals surface area contributed by atoms with Gasteiger partial charge in [0.1, 0.15) is 5.82 Å². The lowest BCUT2D eigenvalue weighted by molar-refractivity contribution is 0.177. The lowest BCUT2D eigenvalue weighted by Crippen LogP contribution is -2.38. The highest BCUT2D eigenvalue weighted by atomic mass is 35.5. The van der Waals surface area contributed by atoms with Crippen molar-refractivity contribution in [3.8, 4) is 0 Å². The van der Waals surface area contributed by atoms with Crippen molar-refractivity contribution in [2.24, 2.45) is 5.92 Å². The topological polar surface area (TPSA) is 6.48 Å². The molecule has 2 atom stereocenters. The molecule has 2 aromatic carbocycles. The summed E-state index contributed by atoms with van der Waals surface area (Å²) in [5, 5.41) is 5.76. The van der Waals surface area contributed by atoms with Gasteiger partial charge in [-0.1, -0.05) is 41.4 Å². The molecule has 0 radical (unpaired) electrons. The summed E-state index contributed by atoms with van der Waals surface area (Å²) < 4.78 is 13.3. The molecule has 6 heteroatoms. The van der Waals surface area contributed by atoms with Gasteiger partial charge in [0.05, 0.1) is 10.0 Å². The van der Waals surface area contributed by atoms with Gasteiger partial charge in [0.25, 0.3) is 0 Å². The maximum atomic E-state index is 13.3. The van der Waals surface area contributed by atoms with E-state index in [1.807, 2.05) is 24.3 Å². The molecule has 0 saturated carbocycles. The maximum absolute atomic E-state index is 13.3. The van der Waals surface area contributed by atoms with E-state index in [1.165, 1.54) is 16.7 Å². The van der Waals surface area contributed by atoms with E-state index in [4.69, 9.17) is 23.2 Å². The number of halogens is 3. The second-order valence-electron chi connectivity index (χ2n) is 9.49. The Hall–Kier alpha value is -1.43. The van der Waals surface area contributed by atoms with Crippen molar-refractivity contribution in [1.82, 2.24) is 9.80 Å². The summed E-state index contributed by atoms with van der Waals surface area (Å²) in [5.74, 6) is 1.57. The van der Waals surface area contributed by atoms with Crippen molar-refractivity contribution < 1.29 is 4.39 Å².